The molecule has 1 N–H and O–H groups in total. The number of nitrogens with zero attached hydrogens (tertiary/aromatic N) is 4. The lowest BCUT2D eigenvalue weighted by Gasteiger charge is -2.32. The summed E-state index contributed by atoms with van der Waals surface area (Å²) in [6.45, 7) is 10.8. The maximum Gasteiger partial charge on any atom is 0.146 e. The molecule has 2 heterocycles. The standard InChI is InChI=1S/C14H27N5/c1-11(2)15-8-13-6-5-7-19(9-13)10-14-17-16-12(3)18(14)4/h11,13,15H,5-10H2,1-4H3. The second-order valence-electron chi connectivity index (χ2n) is 6.03. The van der Waals surface area contributed by atoms with Crippen LogP contribution >= 0.6 is 0 Å². The topological polar surface area (TPSA) is 46.0 Å². The zero-order valence-corrected chi connectivity index (χ0v) is 12.7. The molecule has 0 spiro atoms. The monoisotopic (exact) mass is 265 g/mol. The summed E-state index contributed by atoms with van der Waals surface area (Å²) >= 11 is 0. The Labute approximate surface area is 116 Å². The molecule has 1 saturated heterocycles. The first-order chi connectivity index (χ1) is 9.06. The summed E-state index contributed by atoms with van der Waals surface area (Å²) in [7, 11) is 2.05. The molecule has 108 valence electrons. The molecule has 1 aliphatic heterocycles. The van der Waals surface area contributed by atoms with Crippen LogP contribution in [-0.4, -0.2) is 45.3 Å². The van der Waals surface area contributed by atoms with Crippen molar-refractivity contribution in [3.63, 3.8) is 0 Å². The number of piperidine rings is 1. The fraction of sp³-hybridized carbons (Fsp3) is 0.857. The Kier molecular flexibility index (Phi) is 4.93. The number of rotatable bonds is 5. The SMILES string of the molecule is Cc1nnc(CN2CCCC(CNC(C)C)C2)n1C. The predicted octanol–water partition coefficient (Wildman–Crippen LogP) is 1.33. The van der Waals surface area contributed by atoms with Crippen LogP contribution in [0.1, 0.15) is 38.3 Å². The molecule has 0 aromatic carbocycles. The average molecular weight is 265 g/mol. The van der Waals surface area contributed by atoms with Gasteiger partial charge in [0.2, 0.25) is 0 Å². The van der Waals surface area contributed by atoms with E-state index in [0.29, 0.717) is 6.04 Å². The molecule has 5 nitrogen and oxygen atoms in total. The van der Waals surface area contributed by atoms with Gasteiger partial charge in [-0.25, -0.2) is 0 Å². The van der Waals surface area contributed by atoms with Crippen LogP contribution in [-0.2, 0) is 13.6 Å². The van der Waals surface area contributed by atoms with Crippen molar-refractivity contribution in [1.82, 2.24) is 25.0 Å². The number of aryl methyl sites for hydroxylation is 1. The van der Waals surface area contributed by atoms with Gasteiger partial charge in [0.1, 0.15) is 11.6 Å². The van der Waals surface area contributed by atoms with Gasteiger partial charge in [-0.2, -0.15) is 0 Å². The van der Waals surface area contributed by atoms with E-state index in [1.165, 1.54) is 25.9 Å². The van der Waals surface area contributed by atoms with E-state index in [1.54, 1.807) is 0 Å². The van der Waals surface area contributed by atoms with Gasteiger partial charge in [0.25, 0.3) is 0 Å². The first kappa shape index (κ1) is 14.5. The molecule has 1 aromatic heterocycles. The molecule has 1 atom stereocenters. The van der Waals surface area contributed by atoms with E-state index in [-0.39, 0.29) is 0 Å². The van der Waals surface area contributed by atoms with Crippen LogP contribution in [0, 0.1) is 12.8 Å². The summed E-state index contributed by atoms with van der Waals surface area (Å²) in [6.07, 6.45) is 2.63. The van der Waals surface area contributed by atoms with Gasteiger partial charge in [0.05, 0.1) is 6.54 Å². The molecule has 1 fully saturated rings. The maximum atomic E-state index is 4.26. The van der Waals surface area contributed by atoms with Crippen LogP contribution in [0.2, 0.25) is 0 Å². The Morgan fingerprint density at radius 3 is 2.79 bits per heavy atom. The highest BCUT2D eigenvalue weighted by Gasteiger charge is 2.21. The summed E-state index contributed by atoms with van der Waals surface area (Å²) in [5, 5.41) is 12.0. The van der Waals surface area contributed by atoms with Crippen LogP contribution in [0.15, 0.2) is 0 Å². The van der Waals surface area contributed by atoms with Gasteiger partial charge < -0.3 is 9.88 Å². The molecule has 0 radical (unpaired) electrons. The minimum absolute atomic E-state index is 0.580. The summed E-state index contributed by atoms with van der Waals surface area (Å²) < 4.78 is 2.09. The molecule has 0 bridgehead atoms. The lowest BCUT2D eigenvalue weighted by atomic mass is 9.98. The smallest absolute Gasteiger partial charge is 0.146 e. The normalized spacial score (nSPS) is 21.2. The molecule has 2 rings (SSSR count). The lowest BCUT2D eigenvalue weighted by molar-refractivity contribution is 0.159. The minimum atomic E-state index is 0.580. The fourth-order valence-electron chi connectivity index (χ4n) is 2.65. The van der Waals surface area contributed by atoms with Crippen molar-refractivity contribution >= 4 is 0 Å². The minimum Gasteiger partial charge on any atom is -0.317 e. The third-order valence-corrected chi connectivity index (χ3v) is 3.97. The molecule has 0 amide bonds. The molecule has 1 aromatic rings. The highest BCUT2D eigenvalue weighted by molar-refractivity contribution is 4.93. The Bertz CT molecular complexity index is 399. The van der Waals surface area contributed by atoms with Crippen molar-refractivity contribution in [3.8, 4) is 0 Å². The number of hydrogen-bond acceptors (Lipinski definition) is 4. The van der Waals surface area contributed by atoms with Crippen LogP contribution in [0.3, 0.4) is 0 Å². The van der Waals surface area contributed by atoms with Gasteiger partial charge in [-0.15, -0.1) is 10.2 Å². The van der Waals surface area contributed by atoms with E-state index in [1.807, 2.05) is 14.0 Å². The van der Waals surface area contributed by atoms with E-state index in [4.69, 9.17) is 0 Å². The van der Waals surface area contributed by atoms with Crippen molar-refractivity contribution in [2.45, 2.75) is 46.2 Å². The zero-order chi connectivity index (χ0) is 13.8. The van der Waals surface area contributed by atoms with Gasteiger partial charge in [-0.3, -0.25) is 4.90 Å². The van der Waals surface area contributed by atoms with E-state index in [2.05, 4.69) is 38.8 Å². The summed E-state index contributed by atoms with van der Waals surface area (Å²) in [5.41, 5.74) is 0. The molecule has 0 aliphatic carbocycles. The second kappa shape index (κ2) is 6.48. The first-order valence-electron chi connectivity index (χ1n) is 7.37. The highest BCUT2D eigenvalue weighted by atomic mass is 15.3. The van der Waals surface area contributed by atoms with E-state index < -0.39 is 0 Å². The van der Waals surface area contributed by atoms with Crippen molar-refractivity contribution in [2.75, 3.05) is 19.6 Å². The summed E-state index contributed by atoms with van der Waals surface area (Å²) in [4.78, 5) is 2.51. The molecular weight excluding hydrogens is 238 g/mol. The van der Waals surface area contributed by atoms with Gasteiger partial charge in [0.15, 0.2) is 0 Å². The maximum absolute atomic E-state index is 4.26. The van der Waals surface area contributed by atoms with Crippen LogP contribution < -0.4 is 5.32 Å². The molecule has 0 saturated carbocycles. The third kappa shape index (κ3) is 4.01. The first-order valence-corrected chi connectivity index (χ1v) is 7.37. The van der Waals surface area contributed by atoms with E-state index >= 15 is 0 Å². The molecule has 19 heavy (non-hydrogen) atoms. The van der Waals surface area contributed by atoms with Crippen LogP contribution in [0.5, 0.6) is 0 Å². The van der Waals surface area contributed by atoms with Crippen LogP contribution in [0.4, 0.5) is 0 Å². The van der Waals surface area contributed by atoms with Crippen molar-refractivity contribution in [3.05, 3.63) is 11.6 Å². The lowest BCUT2D eigenvalue weighted by Crippen LogP contribution is -2.40. The largest absolute Gasteiger partial charge is 0.317 e. The van der Waals surface area contributed by atoms with Gasteiger partial charge in [-0.05, 0) is 38.8 Å². The Morgan fingerprint density at radius 1 is 1.37 bits per heavy atom. The zero-order valence-electron chi connectivity index (χ0n) is 12.7. The van der Waals surface area contributed by atoms with E-state index in [9.17, 15) is 0 Å². The van der Waals surface area contributed by atoms with Gasteiger partial charge in [0, 0.05) is 19.6 Å². The summed E-state index contributed by atoms with van der Waals surface area (Å²) in [6, 6.07) is 0.580. The number of likely N-dealkylation sites (tertiary alicyclic amines) is 1. The predicted molar refractivity (Wildman–Crippen MR) is 76.9 cm³/mol. The quantitative estimate of drug-likeness (QED) is 0.872. The number of nitrogens with one attached hydrogen (secondary N) is 1. The second-order valence-corrected chi connectivity index (χ2v) is 6.03. The molecule has 1 unspecified atom stereocenters. The van der Waals surface area contributed by atoms with Crippen molar-refractivity contribution in [2.24, 2.45) is 13.0 Å². The molecule has 5 heteroatoms. The average Bonchev–Trinajstić information content (AvgIpc) is 2.69. The van der Waals surface area contributed by atoms with Gasteiger partial charge >= 0.3 is 0 Å². The summed E-state index contributed by atoms with van der Waals surface area (Å²) in [5.74, 6) is 2.84. The Morgan fingerprint density at radius 2 is 2.16 bits per heavy atom. The van der Waals surface area contributed by atoms with Crippen LogP contribution in [0.25, 0.3) is 0 Å². The highest BCUT2D eigenvalue weighted by Crippen LogP contribution is 2.17. The Balaban J connectivity index is 1.85. The number of hydrogen-bond donors (Lipinski definition) is 1. The molecular formula is C14H27N5. The third-order valence-electron chi connectivity index (χ3n) is 3.97. The van der Waals surface area contributed by atoms with E-state index in [0.717, 1.165) is 30.7 Å². The van der Waals surface area contributed by atoms with Crippen molar-refractivity contribution in [1.29, 1.82) is 0 Å². The molecule has 1 aliphatic rings. The van der Waals surface area contributed by atoms with Gasteiger partial charge in [-0.1, -0.05) is 13.8 Å². The Hall–Kier alpha value is -0.940. The number of aromatic nitrogens is 3. The van der Waals surface area contributed by atoms with Crippen molar-refractivity contribution < 1.29 is 0 Å². The fourth-order valence-corrected chi connectivity index (χ4v) is 2.65.